The van der Waals surface area contributed by atoms with Gasteiger partial charge >= 0.3 is 0 Å². The van der Waals surface area contributed by atoms with Crippen LogP contribution in [-0.4, -0.2) is 0 Å². The Kier molecular flexibility index (Phi) is 2.55. The van der Waals surface area contributed by atoms with Crippen LogP contribution in [0.15, 0.2) is 24.3 Å². The van der Waals surface area contributed by atoms with Gasteiger partial charge in [-0.1, -0.05) is 0 Å². The molecule has 1 aromatic rings. The van der Waals surface area contributed by atoms with Gasteiger partial charge in [0.25, 0.3) is 22.6 Å². The van der Waals surface area contributed by atoms with E-state index >= 15 is 0 Å². The minimum atomic E-state index is 1.30. The molecule has 0 nitrogen and oxygen atoms in total. The summed E-state index contributed by atoms with van der Waals surface area (Å²) in [6.45, 7) is 0. The van der Waals surface area contributed by atoms with E-state index in [4.69, 9.17) is 0 Å². The highest BCUT2D eigenvalue weighted by atomic mass is 127. The van der Waals surface area contributed by atoms with E-state index in [1.54, 1.807) is 0 Å². The van der Waals surface area contributed by atoms with Crippen LogP contribution in [0.4, 0.5) is 0 Å². The molecule has 0 fully saturated rings. The number of hydrogen-bond acceptors (Lipinski definition) is 0. The third kappa shape index (κ3) is 1.89. The highest BCUT2D eigenvalue weighted by Crippen LogP contribution is 2.00. The maximum absolute atomic E-state index is 2.30. The van der Waals surface area contributed by atoms with E-state index in [0.29, 0.717) is 0 Å². The van der Waals surface area contributed by atoms with Crippen molar-refractivity contribution in [3.8, 4) is 0 Å². The first-order chi connectivity index (χ1) is 3.79. The summed E-state index contributed by atoms with van der Waals surface area (Å²) in [5.74, 6) is 0. The second-order valence-corrected chi connectivity index (χ2v) is 4.04. The predicted octanol–water partition coefficient (Wildman–Crippen LogP) is -1.25. The fourth-order valence-electron chi connectivity index (χ4n) is 0.435. The van der Waals surface area contributed by atoms with Gasteiger partial charge in [-0.15, -0.1) is 0 Å². The van der Waals surface area contributed by atoms with Crippen LogP contribution in [0.25, 0.3) is 0 Å². The molecule has 0 saturated heterocycles. The molecule has 1 aromatic carbocycles. The van der Waals surface area contributed by atoms with Crippen molar-refractivity contribution in [3.63, 3.8) is 0 Å². The topological polar surface area (TPSA) is 0 Å². The van der Waals surface area contributed by atoms with E-state index < -0.39 is 0 Å². The summed E-state index contributed by atoms with van der Waals surface area (Å²) >= 11 is 4.32. The Morgan fingerprint density at radius 3 is 2.00 bits per heavy atom. The van der Waals surface area contributed by atoms with Crippen molar-refractivity contribution in [3.05, 3.63) is 31.4 Å². The van der Waals surface area contributed by atoms with Crippen LogP contribution >= 0.6 is 22.6 Å². The van der Waals surface area contributed by atoms with Gasteiger partial charge in [0.15, 0.2) is 3.57 Å². The molecule has 1 rings (SSSR count). The molecule has 0 radical (unpaired) electrons. The van der Waals surface area contributed by atoms with Crippen LogP contribution in [-0.2, 0) is 0 Å². The first-order valence-corrected chi connectivity index (χ1v) is 4.46. The number of rotatable bonds is 0. The molecule has 0 aromatic heterocycles. The van der Waals surface area contributed by atoms with Gasteiger partial charge in [-0.05, 0) is 46.9 Å². The lowest BCUT2D eigenvalue weighted by atomic mass is 10.4. The molecule has 0 amide bonds. The Morgan fingerprint density at radius 2 is 1.62 bits per heavy atom. The Balaban J connectivity index is 3.03. The second-order valence-electron chi connectivity index (χ2n) is 1.45. The number of benzene rings is 1. The zero-order chi connectivity index (χ0) is 5.98. The Bertz CT molecular complexity index is 145. The molecule has 0 bridgehead atoms. The van der Waals surface area contributed by atoms with Crippen LogP contribution in [0.5, 0.6) is 0 Å². The van der Waals surface area contributed by atoms with Gasteiger partial charge in [-0.2, -0.15) is 0 Å². The normalized spacial score (nSPS) is 9.25. The fourth-order valence-corrected chi connectivity index (χ4v) is 1.18. The van der Waals surface area contributed by atoms with E-state index in [0.717, 1.165) is 0 Å². The molecular formula is C6H5I2+. The summed E-state index contributed by atoms with van der Waals surface area (Å²) in [5.41, 5.74) is 0. The fraction of sp³-hybridized carbons (Fsp3) is 0. The van der Waals surface area contributed by atoms with Gasteiger partial charge in [0.2, 0.25) is 0 Å². The maximum Gasteiger partial charge on any atom is 0.296 e. The quantitative estimate of drug-likeness (QED) is 0.521. The minimum absolute atomic E-state index is 1.30. The summed E-state index contributed by atoms with van der Waals surface area (Å²) in [6, 6.07) is 8.45. The van der Waals surface area contributed by atoms with Gasteiger partial charge in [0.1, 0.15) is 0 Å². The Labute approximate surface area is 76.0 Å². The average molecular weight is 331 g/mol. The molecule has 0 aliphatic rings. The Hall–Kier alpha value is 0.680. The van der Waals surface area contributed by atoms with Crippen LogP contribution < -0.4 is 22.6 Å². The molecule has 0 aliphatic heterocycles. The lowest BCUT2D eigenvalue weighted by Crippen LogP contribution is -3.34. The first-order valence-electron chi connectivity index (χ1n) is 2.21. The van der Waals surface area contributed by atoms with Gasteiger partial charge in [0, 0.05) is 3.57 Å². The molecule has 42 valence electrons. The number of halogens is 2. The van der Waals surface area contributed by atoms with Gasteiger partial charge < -0.3 is 0 Å². The molecule has 0 unspecified atom stereocenters. The van der Waals surface area contributed by atoms with Crippen molar-refractivity contribution >= 4 is 22.6 Å². The van der Waals surface area contributed by atoms with E-state index in [9.17, 15) is 0 Å². The molecule has 0 atom stereocenters. The largest absolute Gasteiger partial charge is 0.296 e. The average Bonchev–Trinajstić information content (AvgIpc) is 1.77. The van der Waals surface area contributed by atoms with Crippen LogP contribution in [0.3, 0.4) is 0 Å². The summed E-state index contributed by atoms with van der Waals surface area (Å²) in [4.78, 5) is 0. The lowest BCUT2D eigenvalue weighted by Gasteiger charge is -1.81. The van der Waals surface area contributed by atoms with Crippen LogP contribution in [0.2, 0.25) is 0 Å². The van der Waals surface area contributed by atoms with Crippen molar-refractivity contribution < 1.29 is 22.6 Å². The first kappa shape index (κ1) is 6.80. The monoisotopic (exact) mass is 331 g/mol. The van der Waals surface area contributed by atoms with E-state index in [1.165, 1.54) is 7.14 Å². The number of hydrogen-bond donors (Lipinski definition) is 0. The lowest BCUT2D eigenvalue weighted by molar-refractivity contribution is -0.328. The molecule has 2 heteroatoms. The van der Waals surface area contributed by atoms with Gasteiger partial charge in [0.05, 0.1) is 0 Å². The summed E-state index contributed by atoms with van der Waals surface area (Å²) in [5, 5.41) is 0. The molecule has 0 heterocycles. The summed E-state index contributed by atoms with van der Waals surface area (Å²) < 4.78 is 2.64. The van der Waals surface area contributed by atoms with Crippen molar-refractivity contribution in [2.45, 2.75) is 0 Å². The van der Waals surface area contributed by atoms with Crippen LogP contribution in [0.1, 0.15) is 0 Å². The second kappa shape index (κ2) is 3.00. The highest BCUT2D eigenvalue weighted by Gasteiger charge is 1.90. The highest BCUT2D eigenvalue weighted by molar-refractivity contribution is 14.1. The van der Waals surface area contributed by atoms with Crippen molar-refractivity contribution in [2.24, 2.45) is 0 Å². The van der Waals surface area contributed by atoms with E-state index in [1.807, 2.05) is 22.6 Å². The minimum Gasteiger partial charge on any atom is -0.0444 e. The molecular weight excluding hydrogens is 326 g/mol. The molecule has 0 aliphatic carbocycles. The zero-order valence-electron chi connectivity index (χ0n) is 4.10. The van der Waals surface area contributed by atoms with Crippen molar-refractivity contribution in [2.75, 3.05) is 0 Å². The van der Waals surface area contributed by atoms with Crippen LogP contribution in [0, 0.1) is 7.14 Å². The molecule has 0 N–H and O–H groups in total. The van der Waals surface area contributed by atoms with Gasteiger partial charge in [-0.3, -0.25) is 0 Å². The van der Waals surface area contributed by atoms with Crippen molar-refractivity contribution in [1.82, 2.24) is 0 Å². The molecule has 0 spiro atoms. The summed E-state index contributed by atoms with van der Waals surface area (Å²) in [7, 11) is 0. The Morgan fingerprint density at radius 1 is 1.12 bits per heavy atom. The third-order valence-corrected chi connectivity index (χ3v) is 2.31. The van der Waals surface area contributed by atoms with Crippen molar-refractivity contribution in [1.29, 1.82) is 0 Å². The molecule has 0 saturated carbocycles. The molecule has 8 heavy (non-hydrogen) atoms. The summed E-state index contributed by atoms with van der Waals surface area (Å²) in [6.07, 6.45) is 0. The third-order valence-electron chi connectivity index (χ3n) is 0.814. The van der Waals surface area contributed by atoms with E-state index in [-0.39, 0.29) is 0 Å². The SMILES string of the molecule is Ic1ccc([IH+])cc1. The van der Waals surface area contributed by atoms with Gasteiger partial charge in [-0.25, -0.2) is 0 Å². The predicted molar refractivity (Wildman–Crippen MR) is 39.3 cm³/mol. The zero-order valence-corrected chi connectivity index (χ0v) is 8.58. The van der Waals surface area contributed by atoms with E-state index in [2.05, 4.69) is 46.9 Å². The smallest absolute Gasteiger partial charge is 0.0444 e. The standard InChI is InChI=1S/C6H5I2/c7-5-1-2-6(8)4-3-5/h1-4,7H/q+1. The maximum atomic E-state index is 2.30.